The smallest absolute Gasteiger partial charge is 0.349 e. The second-order valence-electron chi connectivity index (χ2n) is 7.60. The number of rotatable bonds is 7. The molecule has 1 aromatic carbocycles. The van der Waals surface area contributed by atoms with Gasteiger partial charge in [-0.1, -0.05) is 38.8 Å². The SMILES string of the molecule is CCOc1ccc(/C=C(\C#N)C(=O)O[C@H](C)C(=O)N[C@H]2CCC[C@H](C)[C@@H]2C)cc1. The molecule has 0 aromatic heterocycles. The third-order valence-electron chi connectivity index (χ3n) is 5.53. The van der Waals surface area contributed by atoms with Gasteiger partial charge in [0, 0.05) is 6.04 Å². The van der Waals surface area contributed by atoms with Crippen LogP contribution in [0.25, 0.3) is 6.08 Å². The van der Waals surface area contributed by atoms with E-state index in [1.165, 1.54) is 19.4 Å². The number of benzene rings is 1. The van der Waals surface area contributed by atoms with Crippen molar-refractivity contribution in [1.29, 1.82) is 5.26 Å². The molecule has 0 radical (unpaired) electrons. The maximum Gasteiger partial charge on any atom is 0.349 e. The Morgan fingerprint density at radius 2 is 1.97 bits per heavy atom. The van der Waals surface area contributed by atoms with Gasteiger partial charge < -0.3 is 14.8 Å². The van der Waals surface area contributed by atoms with Crippen molar-refractivity contribution in [2.75, 3.05) is 6.61 Å². The topological polar surface area (TPSA) is 88.4 Å². The summed E-state index contributed by atoms with van der Waals surface area (Å²) in [5.74, 6) is 0.498. The minimum Gasteiger partial charge on any atom is -0.494 e. The van der Waals surface area contributed by atoms with Crippen LogP contribution in [0.5, 0.6) is 5.75 Å². The van der Waals surface area contributed by atoms with Crippen molar-refractivity contribution in [2.45, 2.75) is 59.1 Å². The summed E-state index contributed by atoms with van der Waals surface area (Å²) in [7, 11) is 0. The van der Waals surface area contributed by atoms with Crippen molar-refractivity contribution in [3.8, 4) is 11.8 Å². The first-order chi connectivity index (χ1) is 13.8. The molecule has 0 spiro atoms. The molecule has 6 heteroatoms. The lowest BCUT2D eigenvalue weighted by molar-refractivity contribution is -0.151. The summed E-state index contributed by atoms with van der Waals surface area (Å²) in [4.78, 5) is 24.8. The van der Waals surface area contributed by atoms with Gasteiger partial charge in [0.25, 0.3) is 5.91 Å². The number of nitrogens with one attached hydrogen (secondary N) is 1. The summed E-state index contributed by atoms with van der Waals surface area (Å²) in [6, 6.07) is 8.96. The second kappa shape index (κ2) is 10.7. The largest absolute Gasteiger partial charge is 0.494 e. The highest BCUT2D eigenvalue weighted by Crippen LogP contribution is 2.29. The van der Waals surface area contributed by atoms with Crippen LogP contribution < -0.4 is 10.1 Å². The van der Waals surface area contributed by atoms with E-state index < -0.39 is 12.1 Å². The molecule has 1 fully saturated rings. The zero-order valence-corrected chi connectivity index (χ0v) is 17.6. The monoisotopic (exact) mass is 398 g/mol. The molecule has 1 aliphatic rings. The van der Waals surface area contributed by atoms with E-state index in [0.29, 0.717) is 29.8 Å². The predicted octanol–water partition coefficient (Wildman–Crippen LogP) is 3.86. The highest BCUT2D eigenvalue weighted by Gasteiger charge is 2.30. The van der Waals surface area contributed by atoms with Crippen LogP contribution in [0.2, 0.25) is 0 Å². The van der Waals surface area contributed by atoms with Crippen LogP contribution in [0.3, 0.4) is 0 Å². The Morgan fingerprint density at radius 1 is 1.28 bits per heavy atom. The molecule has 0 saturated heterocycles. The van der Waals surface area contributed by atoms with Crippen molar-refractivity contribution < 1.29 is 19.1 Å². The number of ether oxygens (including phenoxy) is 2. The van der Waals surface area contributed by atoms with Gasteiger partial charge in [0.1, 0.15) is 17.4 Å². The second-order valence-corrected chi connectivity index (χ2v) is 7.60. The van der Waals surface area contributed by atoms with Gasteiger partial charge in [-0.2, -0.15) is 5.26 Å². The Morgan fingerprint density at radius 3 is 2.59 bits per heavy atom. The average Bonchev–Trinajstić information content (AvgIpc) is 2.70. The van der Waals surface area contributed by atoms with Gasteiger partial charge in [-0.05, 0) is 55.9 Å². The molecule has 0 heterocycles. The highest BCUT2D eigenvalue weighted by molar-refractivity contribution is 5.99. The van der Waals surface area contributed by atoms with Crippen LogP contribution in [0.4, 0.5) is 0 Å². The minimum atomic E-state index is -0.969. The standard InChI is InChI=1S/C23H30N2O4/c1-5-28-20-11-9-18(10-12-20)13-19(14-24)23(27)29-17(4)22(26)25-21-8-6-7-15(2)16(21)3/h9-13,15-17,21H,5-8H2,1-4H3,(H,25,26)/b19-13+/t15-,16-,17+,21-/m0/s1. The first-order valence-corrected chi connectivity index (χ1v) is 10.2. The summed E-state index contributed by atoms with van der Waals surface area (Å²) in [6.07, 6.45) is 3.64. The van der Waals surface area contributed by atoms with Crippen molar-refractivity contribution in [3.05, 3.63) is 35.4 Å². The van der Waals surface area contributed by atoms with E-state index in [-0.39, 0.29) is 17.5 Å². The number of esters is 1. The Kier molecular flexibility index (Phi) is 8.26. The maximum atomic E-state index is 12.5. The molecule has 2 rings (SSSR count). The lowest BCUT2D eigenvalue weighted by atomic mass is 9.78. The molecule has 29 heavy (non-hydrogen) atoms. The zero-order chi connectivity index (χ0) is 21.4. The molecule has 0 bridgehead atoms. The van der Waals surface area contributed by atoms with Crippen LogP contribution in [0, 0.1) is 23.2 Å². The van der Waals surface area contributed by atoms with Gasteiger partial charge in [-0.25, -0.2) is 4.79 Å². The summed E-state index contributed by atoms with van der Waals surface area (Å²) in [6.45, 7) is 8.31. The fourth-order valence-electron chi connectivity index (χ4n) is 3.49. The molecule has 1 N–H and O–H groups in total. The third-order valence-corrected chi connectivity index (χ3v) is 5.53. The van der Waals surface area contributed by atoms with E-state index in [1.54, 1.807) is 24.3 Å². The van der Waals surface area contributed by atoms with E-state index in [0.717, 1.165) is 12.8 Å². The maximum absolute atomic E-state index is 12.5. The van der Waals surface area contributed by atoms with Gasteiger partial charge in [0.05, 0.1) is 6.61 Å². The molecule has 1 saturated carbocycles. The highest BCUT2D eigenvalue weighted by atomic mass is 16.5. The molecular formula is C23H30N2O4. The quantitative estimate of drug-likeness (QED) is 0.428. The van der Waals surface area contributed by atoms with Gasteiger partial charge >= 0.3 is 5.97 Å². The number of hydrogen-bond acceptors (Lipinski definition) is 5. The Bertz CT molecular complexity index is 779. The lowest BCUT2D eigenvalue weighted by Gasteiger charge is -2.35. The number of nitriles is 1. The molecule has 4 atom stereocenters. The molecule has 0 aliphatic heterocycles. The molecular weight excluding hydrogens is 368 g/mol. The first-order valence-electron chi connectivity index (χ1n) is 10.2. The van der Waals surface area contributed by atoms with E-state index in [1.807, 2.05) is 13.0 Å². The molecule has 0 unspecified atom stereocenters. The Labute approximate surface area is 172 Å². The van der Waals surface area contributed by atoms with Crippen molar-refractivity contribution in [1.82, 2.24) is 5.32 Å². The molecule has 1 aliphatic carbocycles. The summed E-state index contributed by atoms with van der Waals surface area (Å²) >= 11 is 0. The molecule has 156 valence electrons. The average molecular weight is 399 g/mol. The van der Waals surface area contributed by atoms with Crippen LogP contribution >= 0.6 is 0 Å². The minimum absolute atomic E-state index is 0.0854. The Hall–Kier alpha value is -2.81. The molecule has 1 aromatic rings. The number of hydrogen-bond donors (Lipinski definition) is 1. The van der Waals surface area contributed by atoms with Crippen molar-refractivity contribution in [3.63, 3.8) is 0 Å². The number of carbonyl (C=O) groups is 2. The zero-order valence-electron chi connectivity index (χ0n) is 17.6. The number of nitrogens with zero attached hydrogens (tertiary/aromatic N) is 1. The Balaban J connectivity index is 1.97. The fourth-order valence-corrected chi connectivity index (χ4v) is 3.49. The van der Waals surface area contributed by atoms with E-state index >= 15 is 0 Å². The number of carbonyl (C=O) groups excluding carboxylic acids is 2. The van der Waals surface area contributed by atoms with E-state index in [9.17, 15) is 14.9 Å². The van der Waals surface area contributed by atoms with Gasteiger partial charge in [0.2, 0.25) is 0 Å². The van der Waals surface area contributed by atoms with Gasteiger partial charge in [-0.15, -0.1) is 0 Å². The summed E-state index contributed by atoms with van der Waals surface area (Å²) < 4.78 is 10.6. The predicted molar refractivity (Wildman–Crippen MR) is 111 cm³/mol. The lowest BCUT2D eigenvalue weighted by Crippen LogP contribution is -2.47. The van der Waals surface area contributed by atoms with Crippen molar-refractivity contribution in [2.24, 2.45) is 11.8 Å². The first kappa shape index (κ1) is 22.5. The molecule has 6 nitrogen and oxygen atoms in total. The number of amides is 1. The van der Waals surface area contributed by atoms with Gasteiger partial charge in [0.15, 0.2) is 6.10 Å². The van der Waals surface area contributed by atoms with E-state index in [2.05, 4.69) is 19.2 Å². The van der Waals surface area contributed by atoms with Crippen LogP contribution in [0.15, 0.2) is 29.8 Å². The summed E-state index contributed by atoms with van der Waals surface area (Å²) in [5, 5.41) is 12.3. The van der Waals surface area contributed by atoms with Crippen LogP contribution in [0.1, 0.15) is 52.5 Å². The summed E-state index contributed by atoms with van der Waals surface area (Å²) in [5.41, 5.74) is 0.512. The van der Waals surface area contributed by atoms with Gasteiger partial charge in [-0.3, -0.25) is 4.79 Å². The van der Waals surface area contributed by atoms with Crippen molar-refractivity contribution >= 4 is 18.0 Å². The van der Waals surface area contributed by atoms with Crippen LogP contribution in [-0.2, 0) is 14.3 Å². The third kappa shape index (κ3) is 6.35. The fraction of sp³-hybridized carbons (Fsp3) is 0.522. The van der Waals surface area contributed by atoms with E-state index in [4.69, 9.17) is 9.47 Å². The normalized spacial score (nSPS) is 22.9. The van der Waals surface area contributed by atoms with Crippen LogP contribution in [-0.4, -0.2) is 30.6 Å². The molecule has 1 amide bonds.